The van der Waals surface area contributed by atoms with Crippen molar-refractivity contribution in [2.45, 2.75) is 19.3 Å². The molecular formula is C24H23NO5. The van der Waals surface area contributed by atoms with Gasteiger partial charge in [0.1, 0.15) is 11.5 Å². The molecule has 0 aromatic heterocycles. The van der Waals surface area contributed by atoms with Crippen molar-refractivity contribution in [3.05, 3.63) is 54.1 Å². The van der Waals surface area contributed by atoms with Crippen molar-refractivity contribution in [1.29, 1.82) is 0 Å². The summed E-state index contributed by atoms with van der Waals surface area (Å²) in [5.41, 5.74) is 0.908. The number of Topliss-reactive ketones (excluding diaryl/α,β-unsaturated/α-hetero) is 1. The van der Waals surface area contributed by atoms with Crippen LogP contribution in [0.5, 0.6) is 11.5 Å². The fourth-order valence-corrected chi connectivity index (χ4v) is 5.43. The van der Waals surface area contributed by atoms with E-state index in [2.05, 4.69) is 0 Å². The van der Waals surface area contributed by atoms with E-state index < -0.39 is 0 Å². The minimum absolute atomic E-state index is 0.118. The van der Waals surface area contributed by atoms with E-state index >= 15 is 0 Å². The second-order valence-electron chi connectivity index (χ2n) is 8.31. The number of rotatable bonds is 6. The van der Waals surface area contributed by atoms with Gasteiger partial charge in [-0.25, -0.2) is 4.90 Å². The molecular weight excluding hydrogens is 382 g/mol. The van der Waals surface area contributed by atoms with Crippen LogP contribution >= 0.6 is 0 Å². The van der Waals surface area contributed by atoms with Crippen LogP contribution < -0.4 is 14.4 Å². The predicted octanol–water partition coefficient (Wildman–Crippen LogP) is 3.49. The summed E-state index contributed by atoms with van der Waals surface area (Å²) < 4.78 is 11.0. The van der Waals surface area contributed by atoms with Gasteiger partial charge in [-0.1, -0.05) is 24.3 Å². The standard InChI is InChI=1S/C24H23NO5/c1-29-17-6-4-5-14(12-17)19(26)13-30-20-8-3-2-7-18(20)25-23(27)21-15-9-10-16(11-15)22(21)24(25)28/h2-8,12,15-16,21-22H,9-11,13H2,1H3/t15-,16-,21-,22+/m1/s1. The molecule has 0 spiro atoms. The Morgan fingerprint density at radius 3 is 2.40 bits per heavy atom. The predicted molar refractivity (Wildman–Crippen MR) is 110 cm³/mol. The molecule has 154 valence electrons. The van der Waals surface area contributed by atoms with Gasteiger partial charge in [0.15, 0.2) is 12.4 Å². The number of imide groups is 1. The summed E-state index contributed by atoms with van der Waals surface area (Å²) in [6.07, 6.45) is 3.06. The Balaban J connectivity index is 1.37. The van der Waals surface area contributed by atoms with E-state index in [1.165, 1.54) is 4.90 Å². The number of amides is 2. The third kappa shape index (κ3) is 2.90. The lowest BCUT2D eigenvalue weighted by Gasteiger charge is -2.20. The maximum absolute atomic E-state index is 13.1. The normalized spacial score (nSPS) is 26.8. The first-order valence-electron chi connectivity index (χ1n) is 10.4. The summed E-state index contributed by atoms with van der Waals surface area (Å²) in [5, 5.41) is 0. The van der Waals surface area contributed by atoms with E-state index in [9.17, 15) is 14.4 Å². The van der Waals surface area contributed by atoms with Crippen LogP contribution in [-0.2, 0) is 9.59 Å². The number of anilines is 1. The van der Waals surface area contributed by atoms with Crippen LogP contribution in [0.25, 0.3) is 0 Å². The van der Waals surface area contributed by atoms with Crippen LogP contribution in [0, 0.1) is 23.7 Å². The number of carbonyl (C=O) groups is 3. The van der Waals surface area contributed by atoms with E-state index in [0.717, 1.165) is 19.3 Å². The Labute approximate surface area is 174 Å². The average Bonchev–Trinajstić information content (AvgIpc) is 3.46. The summed E-state index contributed by atoms with van der Waals surface area (Å²) >= 11 is 0. The molecule has 4 atom stereocenters. The fraction of sp³-hybridized carbons (Fsp3) is 0.375. The highest BCUT2D eigenvalue weighted by Crippen LogP contribution is 2.57. The lowest BCUT2D eigenvalue weighted by Crippen LogP contribution is -2.33. The Bertz CT molecular complexity index is 1000. The van der Waals surface area contributed by atoms with Crippen LogP contribution in [0.3, 0.4) is 0 Å². The van der Waals surface area contributed by atoms with E-state index in [4.69, 9.17) is 9.47 Å². The Hall–Kier alpha value is -3.15. The molecule has 6 heteroatoms. The highest BCUT2D eigenvalue weighted by atomic mass is 16.5. The number of ether oxygens (including phenoxy) is 2. The monoisotopic (exact) mass is 405 g/mol. The molecule has 1 saturated heterocycles. The molecule has 2 aromatic carbocycles. The van der Waals surface area contributed by atoms with Gasteiger partial charge in [0.2, 0.25) is 11.8 Å². The fourth-order valence-electron chi connectivity index (χ4n) is 5.43. The van der Waals surface area contributed by atoms with Crippen LogP contribution in [0.15, 0.2) is 48.5 Å². The molecule has 5 rings (SSSR count). The number of methoxy groups -OCH3 is 1. The van der Waals surface area contributed by atoms with Gasteiger partial charge in [0.05, 0.1) is 24.6 Å². The summed E-state index contributed by atoms with van der Waals surface area (Å²) in [4.78, 5) is 40.1. The molecule has 0 unspecified atom stereocenters. The zero-order valence-electron chi connectivity index (χ0n) is 16.7. The average molecular weight is 405 g/mol. The number of hydrogen-bond donors (Lipinski definition) is 0. The van der Waals surface area contributed by atoms with Gasteiger partial charge in [0, 0.05) is 5.56 Å². The number of nitrogens with zero attached hydrogens (tertiary/aromatic N) is 1. The van der Waals surface area contributed by atoms with Crippen LogP contribution in [0.2, 0.25) is 0 Å². The van der Waals surface area contributed by atoms with Crippen LogP contribution in [0.4, 0.5) is 5.69 Å². The molecule has 2 saturated carbocycles. The smallest absolute Gasteiger partial charge is 0.238 e. The molecule has 2 aromatic rings. The summed E-state index contributed by atoms with van der Waals surface area (Å²) in [7, 11) is 1.54. The van der Waals surface area contributed by atoms with Crippen molar-refractivity contribution < 1.29 is 23.9 Å². The van der Waals surface area contributed by atoms with Crippen molar-refractivity contribution in [3.63, 3.8) is 0 Å². The third-order valence-corrected chi connectivity index (χ3v) is 6.78. The Kier molecular flexibility index (Phi) is 4.57. The molecule has 1 aliphatic heterocycles. The number of carbonyl (C=O) groups excluding carboxylic acids is 3. The van der Waals surface area contributed by atoms with Crippen molar-refractivity contribution in [1.82, 2.24) is 0 Å². The molecule has 1 heterocycles. The molecule has 3 fully saturated rings. The molecule has 2 bridgehead atoms. The quantitative estimate of drug-likeness (QED) is 0.543. The van der Waals surface area contributed by atoms with E-state index in [1.807, 2.05) is 0 Å². The van der Waals surface area contributed by atoms with Gasteiger partial charge in [-0.3, -0.25) is 14.4 Å². The summed E-state index contributed by atoms with van der Waals surface area (Å²) in [5.74, 6) is 0.773. The Morgan fingerprint density at radius 1 is 1.00 bits per heavy atom. The minimum atomic E-state index is -0.210. The van der Waals surface area contributed by atoms with Gasteiger partial charge >= 0.3 is 0 Å². The Morgan fingerprint density at radius 2 is 1.70 bits per heavy atom. The maximum Gasteiger partial charge on any atom is 0.238 e. The van der Waals surface area contributed by atoms with Gasteiger partial charge in [-0.05, 0) is 55.4 Å². The van der Waals surface area contributed by atoms with Crippen molar-refractivity contribution in [2.75, 3.05) is 18.6 Å². The second-order valence-corrected chi connectivity index (χ2v) is 8.31. The van der Waals surface area contributed by atoms with E-state index in [-0.39, 0.29) is 36.0 Å². The lowest BCUT2D eigenvalue weighted by atomic mass is 9.81. The lowest BCUT2D eigenvalue weighted by molar-refractivity contribution is -0.123. The molecule has 3 aliphatic rings. The van der Waals surface area contributed by atoms with Crippen molar-refractivity contribution >= 4 is 23.3 Å². The minimum Gasteiger partial charge on any atom is -0.497 e. The van der Waals surface area contributed by atoms with Gasteiger partial charge in [-0.2, -0.15) is 0 Å². The topological polar surface area (TPSA) is 72.9 Å². The molecule has 2 amide bonds. The first-order valence-corrected chi connectivity index (χ1v) is 10.4. The summed E-state index contributed by atoms with van der Waals surface area (Å²) in [6, 6.07) is 13.8. The van der Waals surface area contributed by atoms with Crippen molar-refractivity contribution in [3.8, 4) is 11.5 Å². The van der Waals surface area contributed by atoms with Crippen LogP contribution in [-0.4, -0.2) is 31.3 Å². The zero-order valence-corrected chi connectivity index (χ0v) is 16.7. The number of benzene rings is 2. The van der Waals surface area contributed by atoms with E-state index in [1.54, 1.807) is 55.6 Å². The number of hydrogen-bond acceptors (Lipinski definition) is 5. The largest absolute Gasteiger partial charge is 0.497 e. The number of para-hydroxylation sites is 2. The molecule has 0 N–H and O–H groups in total. The van der Waals surface area contributed by atoms with Gasteiger partial charge in [-0.15, -0.1) is 0 Å². The maximum atomic E-state index is 13.1. The van der Waals surface area contributed by atoms with Gasteiger partial charge in [0.25, 0.3) is 0 Å². The highest BCUT2D eigenvalue weighted by molar-refractivity contribution is 6.23. The summed E-state index contributed by atoms with van der Waals surface area (Å²) in [6.45, 7) is -0.196. The molecule has 6 nitrogen and oxygen atoms in total. The highest BCUT2D eigenvalue weighted by Gasteiger charge is 2.61. The molecule has 0 radical (unpaired) electrons. The van der Waals surface area contributed by atoms with Crippen LogP contribution in [0.1, 0.15) is 29.6 Å². The van der Waals surface area contributed by atoms with E-state index in [0.29, 0.717) is 34.6 Å². The first kappa shape index (κ1) is 18.9. The number of fused-ring (bicyclic) bond motifs is 5. The molecule has 2 aliphatic carbocycles. The first-order chi connectivity index (χ1) is 14.6. The SMILES string of the molecule is COc1cccc(C(=O)COc2ccccc2N2C(=O)[C@@H]3[C@@H]4CC[C@H](C4)[C@@H]3C2=O)c1. The zero-order chi connectivity index (χ0) is 20.8. The van der Waals surface area contributed by atoms with Crippen molar-refractivity contribution in [2.24, 2.45) is 23.7 Å². The van der Waals surface area contributed by atoms with Gasteiger partial charge < -0.3 is 9.47 Å². The third-order valence-electron chi connectivity index (χ3n) is 6.78. The molecule has 30 heavy (non-hydrogen) atoms. The second kappa shape index (κ2) is 7.27. The number of ketones is 1.